The number of fused-ring (bicyclic) bond motifs is 1. The van der Waals surface area contributed by atoms with Gasteiger partial charge >= 0.3 is 5.69 Å². The Bertz CT molecular complexity index is 1250. The fourth-order valence-corrected chi connectivity index (χ4v) is 4.69. The molecule has 1 aliphatic rings. The van der Waals surface area contributed by atoms with Crippen LogP contribution < -0.4 is 16.0 Å². The van der Waals surface area contributed by atoms with Crippen molar-refractivity contribution in [1.82, 2.24) is 23.6 Å². The molecule has 1 fully saturated rings. The van der Waals surface area contributed by atoms with Crippen LogP contribution >= 0.6 is 0 Å². The van der Waals surface area contributed by atoms with E-state index in [2.05, 4.69) is 4.98 Å². The van der Waals surface area contributed by atoms with Gasteiger partial charge in [-0.15, -0.1) is 0 Å². The number of imidazole rings is 1. The first-order valence-corrected chi connectivity index (χ1v) is 11.5. The van der Waals surface area contributed by atoms with Gasteiger partial charge in [0.15, 0.2) is 11.2 Å². The number of aromatic nitrogens is 4. The topological polar surface area (TPSA) is 91.4 Å². The summed E-state index contributed by atoms with van der Waals surface area (Å²) in [4.78, 5) is 44.2. The highest BCUT2D eigenvalue weighted by Gasteiger charge is 2.26. The Balaban J connectivity index is 1.48. The van der Waals surface area contributed by atoms with Crippen LogP contribution in [0.1, 0.15) is 50.1 Å². The van der Waals surface area contributed by atoms with E-state index in [4.69, 9.17) is 4.74 Å². The molecule has 1 aliphatic heterocycles. The SMILES string of the molecule is COc1ccc(C2CCCCCN2C(=O)CCCn2cnc3c2c(=O)n(C)c(=O)n3C)cc1. The van der Waals surface area contributed by atoms with E-state index in [9.17, 15) is 14.4 Å². The van der Waals surface area contributed by atoms with Crippen LogP contribution in [-0.2, 0) is 25.4 Å². The van der Waals surface area contributed by atoms with Gasteiger partial charge in [-0.25, -0.2) is 9.78 Å². The summed E-state index contributed by atoms with van der Waals surface area (Å²) in [5.74, 6) is 0.934. The Labute approximate surface area is 192 Å². The second kappa shape index (κ2) is 9.64. The molecule has 3 aromatic rings. The molecule has 9 nitrogen and oxygen atoms in total. The zero-order valence-electron chi connectivity index (χ0n) is 19.5. The van der Waals surface area contributed by atoms with E-state index < -0.39 is 5.69 Å². The Hall–Kier alpha value is -3.36. The van der Waals surface area contributed by atoms with E-state index in [1.54, 1.807) is 25.1 Å². The Kier molecular flexibility index (Phi) is 6.67. The third-order valence-electron chi connectivity index (χ3n) is 6.58. The van der Waals surface area contributed by atoms with Crippen LogP contribution in [0.15, 0.2) is 40.2 Å². The van der Waals surface area contributed by atoms with Crippen molar-refractivity contribution in [2.24, 2.45) is 14.1 Å². The molecule has 9 heteroatoms. The second-order valence-electron chi connectivity index (χ2n) is 8.64. The number of carbonyl (C=O) groups is 1. The summed E-state index contributed by atoms with van der Waals surface area (Å²) in [6.45, 7) is 1.24. The predicted octanol–water partition coefficient (Wildman–Crippen LogP) is 2.37. The van der Waals surface area contributed by atoms with Crippen LogP contribution in [0, 0.1) is 0 Å². The molecule has 1 atom stereocenters. The average molecular weight is 454 g/mol. The van der Waals surface area contributed by atoms with Crippen molar-refractivity contribution in [3.05, 3.63) is 57.0 Å². The maximum atomic E-state index is 13.2. The molecule has 0 aliphatic carbocycles. The van der Waals surface area contributed by atoms with Crippen LogP contribution in [0.2, 0.25) is 0 Å². The van der Waals surface area contributed by atoms with Gasteiger partial charge in [0, 0.05) is 33.6 Å². The fraction of sp³-hybridized carbons (Fsp3) is 0.500. The van der Waals surface area contributed by atoms with Crippen molar-refractivity contribution in [3.8, 4) is 5.75 Å². The first-order chi connectivity index (χ1) is 15.9. The third-order valence-corrected chi connectivity index (χ3v) is 6.58. The van der Waals surface area contributed by atoms with E-state index in [1.165, 1.54) is 11.6 Å². The molecule has 176 valence electrons. The zero-order chi connectivity index (χ0) is 23.5. The Morgan fingerprint density at radius 2 is 1.85 bits per heavy atom. The van der Waals surface area contributed by atoms with Crippen LogP contribution in [0.25, 0.3) is 11.2 Å². The smallest absolute Gasteiger partial charge is 0.332 e. The molecule has 0 bridgehead atoms. The van der Waals surface area contributed by atoms with Gasteiger partial charge in [-0.3, -0.25) is 18.7 Å². The van der Waals surface area contributed by atoms with Gasteiger partial charge in [-0.2, -0.15) is 0 Å². The summed E-state index contributed by atoms with van der Waals surface area (Å²) in [6.07, 6.45) is 6.73. The van der Waals surface area contributed by atoms with Gasteiger partial charge in [0.1, 0.15) is 5.75 Å². The number of likely N-dealkylation sites (tertiary alicyclic amines) is 1. The number of methoxy groups -OCH3 is 1. The van der Waals surface area contributed by atoms with Crippen LogP contribution in [0.4, 0.5) is 0 Å². The van der Waals surface area contributed by atoms with Gasteiger partial charge in [0.25, 0.3) is 5.56 Å². The number of ether oxygens (including phenoxy) is 1. The lowest BCUT2D eigenvalue weighted by Gasteiger charge is -2.31. The van der Waals surface area contributed by atoms with Crippen LogP contribution in [0.5, 0.6) is 5.75 Å². The number of hydrogen-bond donors (Lipinski definition) is 0. The molecule has 33 heavy (non-hydrogen) atoms. The lowest BCUT2D eigenvalue weighted by Crippen LogP contribution is -2.37. The lowest BCUT2D eigenvalue weighted by atomic mass is 10.00. The number of carbonyl (C=O) groups excluding carboxylic acids is 1. The number of amides is 1. The average Bonchev–Trinajstić information content (AvgIpc) is 3.09. The molecule has 1 amide bonds. The van der Waals surface area contributed by atoms with E-state index >= 15 is 0 Å². The molecule has 2 aromatic heterocycles. The summed E-state index contributed by atoms with van der Waals surface area (Å²) in [7, 11) is 4.71. The molecule has 1 saturated heterocycles. The summed E-state index contributed by atoms with van der Waals surface area (Å²) in [6, 6.07) is 8.06. The van der Waals surface area contributed by atoms with Crippen molar-refractivity contribution in [2.45, 2.75) is 51.1 Å². The number of nitrogens with zero attached hydrogens (tertiary/aromatic N) is 5. The molecular formula is C24H31N5O4. The first-order valence-electron chi connectivity index (χ1n) is 11.5. The van der Waals surface area contributed by atoms with Gasteiger partial charge in [-0.1, -0.05) is 25.0 Å². The minimum atomic E-state index is -0.404. The van der Waals surface area contributed by atoms with Crippen molar-refractivity contribution in [1.29, 1.82) is 0 Å². The van der Waals surface area contributed by atoms with Crippen molar-refractivity contribution in [2.75, 3.05) is 13.7 Å². The molecule has 1 unspecified atom stereocenters. The number of benzene rings is 1. The van der Waals surface area contributed by atoms with E-state index in [-0.39, 0.29) is 17.5 Å². The fourth-order valence-electron chi connectivity index (χ4n) is 4.69. The Morgan fingerprint density at radius 1 is 1.09 bits per heavy atom. The standard InChI is InChI=1S/C24H31N5O4/c1-26-22-21(23(31)27(2)24(26)32)28(16-25-22)14-7-9-20(30)29-15-6-4-5-8-19(29)17-10-12-18(33-3)13-11-17/h10-13,16,19H,4-9,14-15H2,1-3H3. The highest BCUT2D eigenvalue weighted by Crippen LogP contribution is 2.31. The number of rotatable bonds is 6. The molecular weight excluding hydrogens is 422 g/mol. The van der Waals surface area contributed by atoms with E-state index in [0.717, 1.165) is 48.1 Å². The van der Waals surface area contributed by atoms with Gasteiger partial charge in [0.2, 0.25) is 5.91 Å². The van der Waals surface area contributed by atoms with Crippen molar-refractivity contribution in [3.63, 3.8) is 0 Å². The molecule has 3 heterocycles. The number of hydrogen-bond acceptors (Lipinski definition) is 5. The molecule has 0 spiro atoms. The predicted molar refractivity (Wildman–Crippen MR) is 125 cm³/mol. The van der Waals surface area contributed by atoms with Crippen molar-refractivity contribution >= 4 is 17.1 Å². The van der Waals surface area contributed by atoms with Gasteiger partial charge in [0.05, 0.1) is 19.5 Å². The van der Waals surface area contributed by atoms with E-state index in [0.29, 0.717) is 30.6 Å². The maximum absolute atomic E-state index is 13.2. The monoisotopic (exact) mass is 453 g/mol. The number of aryl methyl sites for hydroxylation is 2. The summed E-state index contributed by atoms with van der Waals surface area (Å²) >= 11 is 0. The minimum absolute atomic E-state index is 0.0711. The summed E-state index contributed by atoms with van der Waals surface area (Å²) < 4.78 is 9.47. The third kappa shape index (κ3) is 4.44. The molecule has 0 N–H and O–H groups in total. The molecule has 0 saturated carbocycles. The molecule has 1 aromatic carbocycles. The van der Waals surface area contributed by atoms with Crippen molar-refractivity contribution < 1.29 is 9.53 Å². The summed E-state index contributed by atoms with van der Waals surface area (Å²) in [5, 5.41) is 0. The second-order valence-corrected chi connectivity index (χ2v) is 8.64. The quantitative estimate of drug-likeness (QED) is 0.572. The largest absolute Gasteiger partial charge is 0.497 e. The zero-order valence-corrected chi connectivity index (χ0v) is 19.5. The van der Waals surface area contributed by atoms with Crippen LogP contribution in [-0.4, -0.2) is 43.1 Å². The highest BCUT2D eigenvalue weighted by atomic mass is 16.5. The van der Waals surface area contributed by atoms with E-state index in [1.807, 2.05) is 29.2 Å². The lowest BCUT2D eigenvalue weighted by molar-refractivity contribution is -0.133. The first kappa shape index (κ1) is 22.8. The van der Waals surface area contributed by atoms with Crippen LogP contribution in [0.3, 0.4) is 0 Å². The molecule has 0 radical (unpaired) electrons. The normalized spacial score (nSPS) is 16.7. The van der Waals surface area contributed by atoms with Gasteiger partial charge < -0.3 is 14.2 Å². The van der Waals surface area contributed by atoms with Gasteiger partial charge in [-0.05, 0) is 37.0 Å². The molecule has 4 rings (SSSR count). The maximum Gasteiger partial charge on any atom is 0.332 e. The summed E-state index contributed by atoms with van der Waals surface area (Å²) in [5.41, 5.74) is 1.11. The minimum Gasteiger partial charge on any atom is -0.497 e. The highest BCUT2D eigenvalue weighted by molar-refractivity contribution is 5.77. The Morgan fingerprint density at radius 3 is 2.58 bits per heavy atom.